The lowest BCUT2D eigenvalue weighted by molar-refractivity contribution is -0.118. The van der Waals surface area contributed by atoms with Crippen molar-refractivity contribution in [2.75, 3.05) is 18.5 Å². The lowest BCUT2D eigenvalue weighted by atomic mass is 10.0. The standard InChI is InChI=1S/C14H20N2O2.ClH/c1-2-18-12-8-6-11(7-9-12)16-14(17)13-5-3-4-10-15-13;/h6-9,13,15H,2-5,10H2,1H3,(H,16,17);1H/t13-;/m1./s1. The number of ether oxygens (including phenoxy) is 1. The number of rotatable bonds is 4. The zero-order valence-electron chi connectivity index (χ0n) is 11.1. The molecule has 5 heteroatoms. The number of anilines is 1. The summed E-state index contributed by atoms with van der Waals surface area (Å²) in [7, 11) is 0. The summed E-state index contributed by atoms with van der Waals surface area (Å²) in [6, 6.07) is 7.42. The molecule has 1 heterocycles. The maximum Gasteiger partial charge on any atom is 0.241 e. The molecular formula is C14H21ClN2O2. The summed E-state index contributed by atoms with van der Waals surface area (Å²) in [5, 5.41) is 6.16. The SMILES string of the molecule is CCOc1ccc(NC(=O)[C@H]2CCCCN2)cc1.Cl. The van der Waals surface area contributed by atoms with Crippen LogP contribution in [0, 0.1) is 0 Å². The molecule has 1 atom stereocenters. The molecule has 19 heavy (non-hydrogen) atoms. The third kappa shape index (κ3) is 4.73. The van der Waals surface area contributed by atoms with Crippen LogP contribution in [-0.4, -0.2) is 25.1 Å². The van der Waals surface area contributed by atoms with E-state index in [1.54, 1.807) is 0 Å². The van der Waals surface area contributed by atoms with Crippen molar-refractivity contribution in [1.82, 2.24) is 5.32 Å². The summed E-state index contributed by atoms with van der Waals surface area (Å²) < 4.78 is 5.36. The molecule has 1 fully saturated rings. The van der Waals surface area contributed by atoms with Crippen molar-refractivity contribution in [2.45, 2.75) is 32.2 Å². The van der Waals surface area contributed by atoms with Crippen LogP contribution in [0.5, 0.6) is 5.75 Å². The average Bonchev–Trinajstić information content (AvgIpc) is 2.42. The first-order valence-electron chi connectivity index (χ1n) is 6.56. The number of hydrogen-bond acceptors (Lipinski definition) is 3. The van der Waals surface area contributed by atoms with Crippen LogP contribution in [0.25, 0.3) is 0 Å². The molecule has 106 valence electrons. The maximum atomic E-state index is 12.0. The molecule has 0 saturated carbocycles. The molecule has 4 nitrogen and oxygen atoms in total. The fraction of sp³-hybridized carbons (Fsp3) is 0.500. The van der Waals surface area contributed by atoms with E-state index < -0.39 is 0 Å². The van der Waals surface area contributed by atoms with Crippen LogP contribution in [0.15, 0.2) is 24.3 Å². The van der Waals surface area contributed by atoms with Crippen LogP contribution in [0.2, 0.25) is 0 Å². The minimum atomic E-state index is -0.0506. The van der Waals surface area contributed by atoms with Crippen molar-refractivity contribution in [3.8, 4) is 5.75 Å². The highest BCUT2D eigenvalue weighted by Gasteiger charge is 2.20. The summed E-state index contributed by atoms with van der Waals surface area (Å²) in [5.74, 6) is 0.880. The molecule has 0 aromatic heterocycles. The van der Waals surface area contributed by atoms with Gasteiger partial charge in [-0.05, 0) is 50.6 Å². The van der Waals surface area contributed by atoms with Crippen LogP contribution >= 0.6 is 12.4 Å². The summed E-state index contributed by atoms with van der Waals surface area (Å²) in [4.78, 5) is 12.0. The van der Waals surface area contributed by atoms with Crippen molar-refractivity contribution < 1.29 is 9.53 Å². The van der Waals surface area contributed by atoms with E-state index in [4.69, 9.17) is 4.74 Å². The van der Waals surface area contributed by atoms with E-state index in [1.807, 2.05) is 31.2 Å². The van der Waals surface area contributed by atoms with Crippen LogP contribution < -0.4 is 15.4 Å². The normalized spacial score (nSPS) is 18.3. The van der Waals surface area contributed by atoms with E-state index in [0.29, 0.717) is 6.61 Å². The minimum absolute atomic E-state index is 0. The summed E-state index contributed by atoms with van der Waals surface area (Å²) >= 11 is 0. The van der Waals surface area contributed by atoms with E-state index in [1.165, 1.54) is 0 Å². The monoisotopic (exact) mass is 284 g/mol. The van der Waals surface area contributed by atoms with Gasteiger partial charge in [0.15, 0.2) is 0 Å². The Morgan fingerprint density at radius 2 is 2.11 bits per heavy atom. The Bertz CT molecular complexity index is 389. The number of amides is 1. The Kier molecular flexibility index (Phi) is 6.67. The van der Waals surface area contributed by atoms with E-state index in [2.05, 4.69) is 10.6 Å². The quantitative estimate of drug-likeness (QED) is 0.893. The Labute approximate surface area is 120 Å². The zero-order chi connectivity index (χ0) is 12.8. The van der Waals surface area contributed by atoms with E-state index in [9.17, 15) is 4.79 Å². The number of nitrogens with one attached hydrogen (secondary N) is 2. The fourth-order valence-corrected chi connectivity index (χ4v) is 2.11. The predicted molar refractivity (Wildman–Crippen MR) is 79.1 cm³/mol. The first-order chi connectivity index (χ1) is 8.79. The van der Waals surface area contributed by atoms with Gasteiger partial charge in [-0.15, -0.1) is 12.4 Å². The van der Waals surface area contributed by atoms with Crippen molar-refractivity contribution in [2.24, 2.45) is 0 Å². The second-order valence-electron chi connectivity index (χ2n) is 4.45. The third-order valence-corrected chi connectivity index (χ3v) is 3.06. The van der Waals surface area contributed by atoms with Gasteiger partial charge in [0, 0.05) is 5.69 Å². The second kappa shape index (κ2) is 8.02. The van der Waals surface area contributed by atoms with Gasteiger partial charge in [-0.3, -0.25) is 4.79 Å². The zero-order valence-corrected chi connectivity index (χ0v) is 12.0. The van der Waals surface area contributed by atoms with Crippen molar-refractivity contribution in [3.05, 3.63) is 24.3 Å². The molecule has 1 amide bonds. The third-order valence-electron chi connectivity index (χ3n) is 3.06. The molecule has 2 rings (SSSR count). The molecule has 2 N–H and O–H groups in total. The van der Waals surface area contributed by atoms with Crippen molar-refractivity contribution in [1.29, 1.82) is 0 Å². The summed E-state index contributed by atoms with van der Waals surface area (Å²) in [6.45, 7) is 3.53. The molecule has 0 radical (unpaired) electrons. The largest absolute Gasteiger partial charge is 0.494 e. The first-order valence-corrected chi connectivity index (χ1v) is 6.56. The molecule has 1 aliphatic rings. The molecule has 1 saturated heterocycles. The summed E-state index contributed by atoms with van der Waals surface area (Å²) in [6.07, 6.45) is 3.20. The van der Waals surface area contributed by atoms with Gasteiger partial charge in [0.2, 0.25) is 5.91 Å². The number of piperidine rings is 1. The van der Waals surface area contributed by atoms with Crippen LogP contribution in [-0.2, 0) is 4.79 Å². The van der Waals surface area contributed by atoms with Gasteiger partial charge in [0.25, 0.3) is 0 Å². The highest BCUT2D eigenvalue weighted by molar-refractivity contribution is 5.94. The van der Waals surface area contributed by atoms with Gasteiger partial charge in [-0.2, -0.15) is 0 Å². The predicted octanol–water partition coefficient (Wildman–Crippen LogP) is 2.59. The average molecular weight is 285 g/mol. The minimum Gasteiger partial charge on any atom is -0.494 e. The molecule has 1 aromatic rings. The van der Waals surface area contributed by atoms with Crippen LogP contribution in [0.4, 0.5) is 5.69 Å². The van der Waals surface area contributed by atoms with Gasteiger partial charge < -0.3 is 15.4 Å². The molecule has 0 aliphatic carbocycles. The molecule has 0 bridgehead atoms. The number of carbonyl (C=O) groups is 1. The van der Waals surface area contributed by atoms with Gasteiger partial charge >= 0.3 is 0 Å². The summed E-state index contributed by atoms with van der Waals surface area (Å²) in [5.41, 5.74) is 0.816. The molecular weight excluding hydrogens is 264 g/mol. The number of hydrogen-bond donors (Lipinski definition) is 2. The Balaban J connectivity index is 0.00000180. The molecule has 0 unspecified atom stereocenters. The topological polar surface area (TPSA) is 50.4 Å². The highest BCUT2D eigenvalue weighted by Crippen LogP contribution is 2.16. The smallest absolute Gasteiger partial charge is 0.241 e. The van der Waals surface area contributed by atoms with Crippen LogP contribution in [0.1, 0.15) is 26.2 Å². The Morgan fingerprint density at radius 3 is 2.68 bits per heavy atom. The fourth-order valence-electron chi connectivity index (χ4n) is 2.11. The van der Waals surface area contributed by atoms with E-state index in [-0.39, 0.29) is 24.4 Å². The first kappa shape index (κ1) is 15.8. The van der Waals surface area contributed by atoms with Crippen molar-refractivity contribution in [3.63, 3.8) is 0 Å². The van der Waals surface area contributed by atoms with Crippen LogP contribution in [0.3, 0.4) is 0 Å². The van der Waals surface area contributed by atoms with E-state index in [0.717, 1.165) is 37.2 Å². The van der Waals surface area contributed by atoms with Crippen molar-refractivity contribution >= 4 is 24.0 Å². The lowest BCUT2D eigenvalue weighted by Gasteiger charge is -2.22. The number of benzene rings is 1. The van der Waals surface area contributed by atoms with Gasteiger partial charge in [-0.1, -0.05) is 6.42 Å². The lowest BCUT2D eigenvalue weighted by Crippen LogP contribution is -2.43. The number of halogens is 1. The molecule has 1 aromatic carbocycles. The molecule has 1 aliphatic heterocycles. The van der Waals surface area contributed by atoms with E-state index >= 15 is 0 Å². The second-order valence-corrected chi connectivity index (χ2v) is 4.45. The maximum absolute atomic E-state index is 12.0. The number of carbonyl (C=O) groups excluding carboxylic acids is 1. The molecule has 0 spiro atoms. The van der Waals surface area contributed by atoms with Gasteiger partial charge in [0.1, 0.15) is 5.75 Å². The Morgan fingerprint density at radius 1 is 1.37 bits per heavy atom. The highest BCUT2D eigenvalue weighted by atomic mass is 35.5. The Hall–Kier alpha value is -1.26. The van der Waals surface area contributed by atoms with Gasteiger partial charge in [-0.25, -0.2) is 0 Å². The van der Waals surface area contributed by atoms with Gasteiger partial charge in [0.05, 0.1) is 12.6 Å².